The molecule has 1 fully saturated rings. The Morgan fingerprint density at radius 1 is 0.875 bits per heavy atom. The van der Waals surface area contributed by atoms with Crippen LogP contribution in [0.1, 0.15) is 27.7 Å². The van der Waals surface area contributed by atoms with Gasteiger partial charge in [-0.15, -0.1) is 0 Å². The highest BCUT2D eigenvalue weighted by molar-refractivity contribution is 4.95. The Hall–Kier alpha value is -0.930. The Labute approximate surface area is 98.7 Å². The van der Waals surface area contributed by atoms with Crippen LogP contribution < -0.4 is 10.6 Å². The van der Waals surface area contributed by atoms with E-state index in [1.54, 1.807) is 12.4 Å². The zero-order chi connectivity index (χ0) is 12.1. The third-order valence-corrected chi connectivity index (χ3v) is 2.38. The van der Waals surface area contributed by atoms with Crippen LogP contribution in [0.2, 0.25) is 0 Å². The van der Waals surface area contributed by atoms with Crippen molar-refractivity contribution in [2.75, 3.05) is 13.1 Å². The number of rotatable bonds is 0. The lowest BCUT2D eigenvalue weighted by Gasteiger charge is -2.42. The maximum absolute atomic E-state index is 3.78. The highest BCUT2D eigenvalue weighted by Gasteiger charge is 2.31. The van der Waals surface area contributed by atoms with Gasteiger partial charge in [0.05, 0.1) is 0 Å². The molecule has 0 aliphatic carbocycles. The van der Waals surface area contributed by atoms with Crippen molar-refractivity contribution in [3.05, 3.63) is 30.6 Å². The first-order valence-electron chi connectivity index (χ1n) is 5.76. The highest BCUT2D eigenvalue weighted by atomic mass is 15.1. The fourth-order valence-electron chi connectivity index (χ4n) is 2.00. The molecule has 16 heavy (non-hydrogen) atoms. The van der Waals surface area contributed by atoms with Gasteiger partial charge in [-0.1, -0.05) is 6.07 Å². The lowest BCUT2D eigenvalue weighted by Crippen LogP contribution is -2.65. The maximum Gasteiger partial charge on any atom is 0.0267 e. The minimum atomic E-state index is 0.252. The molecule has 1 aliphatic heterocycles. The Morgan fingerprint density at radius 2 is 1.38 bits per heavy atom. The summed E-state index contributed by atoms with van der Waals surface area (Å²) < 4.78 is 0. The van der Waals surface area contributed by atoms with E-state index >= 15 is 0 Å². The molecule has 2 rings (SSSR count). The molecular weight excluding hydrogens is 198 g/mol. The summed E-state index contributed by atoms with van der Waals surface area (Å²) in [5.74, 6) is 0. The predicted molar refractivity (Wildman–Crippen MR) is 68.4 cm³/mol. The number of hydrogen-bond acceptors (Lipinski definition) is 3. The van der Waals surface area contributed by atoms with Gasteiger partial charge in [0.15, 0.2) is 0 Å². The number of nitrogens with zero attached hydrogens (tertiary/aromatic N) is 1. The Kier molecular flexibility index (Phi) is 4.44. The summed E-state index contributed by atoms with van der Waals surface area (Å²) in [6.07, 6.45) is 3.50. The number of hydrogen-bond donors (Lipinski definition) is 2. The number of pyridine rings is 1. The lowest BCUT2D eigenvalue weighted by atomic mass is 9.93. The standard InChI is InChI=1S/C8H18N2.C5H5N/c1-7(2)5-9-6-8(3,4)10-7;1-2-4-6-5-3-1/h9-10H,5-6H2,1-4H3;1-5H. The minimum Gasteiger partial charge on any atom is -0.313 e. The average molecular weight is 221 g/mol. The van der Waals surface area contributed by atoms with Gasteiger partial charge in [0.1, 0.15) is 0 Å². The van der Waals surface area contributed by atoms with Crippen molar-refractivity contribution in [3.63, 3.8) is 0 Å². The van der Waals surface area contributed by atoms with Gasteiger partial charge in [-0.05, 0) is 39.8 Å². The van der Waals surface area contributed by atoms with E-state index < -0.39 is 0 Å². The van der Waals surface area contributed by atoms with Crippen LogP contribution in [0.3, 0.4) is 0 Å². The topological polar surface area (TPSA) is 37.0 Å². The Bertz CT molecular complexity index is 253. The molecule has 0 atom stereocenters. The molecule has 1 aliphatic rings. The van der Waals surface area contributed by atoms with E-state index in [-0.39, 0.29) is 11.1 Å². The number of aromatic nitrogens is 1. The second kappa shape index (κ2) is 5.41. The van der Waals surface area contributed by atoms with Crippen molar-refractivity contribution in [1.82, 2.24) is 15.6 Å². The van der Waals surface area contributed by atoms with Gasteiger partial charge in [0.25, 0.3) is 0 Å². The molecule has 0 radical (unpaired) electrons. The lowest BCUT2D eigenvalue weighted by molar-refractivity contribution is 0.201. The van der Waals surface area contributed by atoms with Crippen molar-refractivity contribution < 1.29 is 0 Å². The molecule has 0 amide bonds. The predicted octanol–water partition coefficient (Wildman–Crippen LogP) is 1.82. The van der Waals surface area contributed by atoms with E-state index in [9.17, 15) is 0 Å². The summed E-state index contributed by atoms with van der Waals surface area (Å²) in [5, 5.41) is 6.97. The van der Waals surface area contributed by atoms with E-state index in [1.807, 2.05) is 18.2 Å². The zero-order valence-electron chi connectivity index (χ0n) is 10.7. The van der Waals surface area contributed by atoms with E-state index in [2.05, 4.69) is 43.3 Å². The summed E-state index contributed by atoms with van der Waals surface area (Å²) in [6, 6.07) is 5.72. The Morgan fingerprint density at radius 3 is 1.56 bits per heavy atom. The molecule has 0 saturated carbocycles. The third kappa shape index (κ3) is 5.24. The number of piperazine rings is 1. The number of nitrogens with one attached hydrogen (secondary N) is 2. The quantitative estimate of drug-likeness (QED) is 0.701. The van der Waals surface area contributed by atoms with Crippen LogP contribution in [0, 0.1) is 0 Å². The monoisotopic (exact) mass is 221 g/mol. The van der Waals surface area contributed by atoms with Crippen LogP contribution in [0.25, 0.3) is 0 Å². The van der Waals surface area contributed by atoms with Crippen molar-refractivity contribution >= 4 is 0 Å². The van der Waals surface area contributed by atoms with Crippen molar-refractivity contribution in [2.24, 2.45) is 0 Å². The fourth-order valence-corrected chi connectivity index (χ4v) is 2.00. The molecule has 2 heterocycles. The second-order valence-corrected chi connectivity index (χ2v) is 5.52. The van der Waals surface area contributed by atoms with Crippen LogP contribution in [-0.2, 0) is 0 Å². The van der Waals surface area contributed by atoms with Crippen LogP contribution >= 0.6 is 0 Å². The molecule has 1 aromatic heterocycles. The molecule has 0 bridgehead atoms. The van der Waals surface area contributed by atoms with E-state index in [0.717, 1.165) is 13.1 Å². The molecule has 2 N–H and O–H groups in total. The second-order valence-electron chi connectivity index (χ2n) is 5.52. The molecule has 1 saturated heterocycles. The third-order valence-electron chi connectivity index (χ3n) is 2.38. The maximum atomic E-state index is 3.78. The highest BCUT2D eigenvalue weighted by Crippen LogP contribution is 2.13. The van der Waals surface area contributed by atoms with Gasteiger partial charge in [0.2, 0.25) is 0 Å². The van der Waals surface area contributed by atoms with Gasteiger partial charge in [-0.3, -0.25) is 4.98 Å². The normalized spacial score (nSPS) is 21.8. The molecule has 3 heteroatoms. The van der Waals surface area contributed by atoms with Crippen molar-refractivity contribution in [1.29, 1.82) is 0 Å². The average Bonchev–Trinajstić information content (AvgIpc) is 2.17. The molecule has 0 aromatic carbocycles. The first kappa shape index (κ1) is 13.1. The van der Waals surface area contributed by atoms with E-state index in [0.29, 0.717) is 0 Å². The van der Waals surface area contributed by atoms with E-state index in [4.69, 9.17) is 0 Å². The zero-order valence-corrected chi connectivity index (χ0v) is 10.7. The van der Waals surface area contributed by atoms with Crippen LogP contribution in [0.4, 0.5) is 0 Å². The van der Waals surface area contributed by atoms with Gasteiger partial charge >= 0.3 is 0 Å². The molecule has 0 unspecified atom stereocenters. The largest absolute Gasteiger partial charge is 0.313 e. The summed E-state index contributed by atoms with van der Waals surface area (Å²) in [4.78, 5) is 3.78. The molecule has 1 aromatic rings. The summed E-state index contributed by atoms with van der Waals surface area (Å²) in [5.41, 5.74) is 0.503. The smallest absolute Gasteiger partial charge is 0.0267 e. The van der Waals surface area contributed by atoms with Crippen molar-refractivity contribution in [2.45, 2.75) is 38.8 Å². The fraction of sp³-hybridized carbons (Fsp3) is 0.615. The first-order chi connectivity index (χ1) is 7.41. The summed E-state index contributed by atoms with van der Waals surface area (Å²) in [6.45, 7) is 11.0. The van der Waals surface area contributed by atoms with E-state index in [1.165, 1.54) is 0 Å². The first-order valence-corrected chi connectivity index (χ1v) is 5.76. The molecule has 90 valence electrons. The van der Waals surface area contributed by atoms with Gasteiger partial charge < -0.3 is 10.6 Å². The summed E-state index contributed by atoms with van der Waals surface area (Å²) in [7, 11) is 0. The Balaban J connectivity index is 0.000000181. The van der Waals surface area contributed by atoms with Crippen LogP contribution in [0.5, 0.6) is 0 Å². The molecule has 0 spiro atoms. The van der Waals surface area contributed by atoms with Crippen LogP contribution in [0.15, 0.2) is 30.6 Å². The van der Waals surface area contributed by atoms with Crippen molar-refractivity contribution in [3.8, 4) is 0 Å². The SMILES string of the molecule is CC1(C)CNCC(C)(C)N1.c1ccncc1. The van der Waals surface area contributed by atoms with Crippen LogP contribution in [-0.4, -0.2) is 29.2 Å². The summed E-state index contributed by atoms with van der Waals surface area (Å²) >= 11 is 0. The van der Waals surface area contributed by atoms with Gasteiger partial charge in [0, 0.05) is 36.6 Å². The molecule has 3 nitrogen and oxygen atoms in total. The molecular formula is C13H23N3. The van der Waals surface area contributed by atoms with Gasteiger partial charge in [-0.25, -0.2) is 0 Å². The minimum absolute atomic E-state index is 0.252. The van der Waals surface area contributed by atoms with Gasteiger partial charge in [-0.2, -0.15) is 0 Å².